The average molecular weight is 234 g/mol. The summed E-state index contributed by atoms with van der Waals surface area (Å²) >= 11 is 0. The smallest absolute Gasteiger partial charge is 0.222 e. The SMILES string of the molecule is CC1CS(=O)(=O)CCN1C(=O)CCCN. The zero-order chi connectivity index (χ0) is 11.5. The maximum Gasteiger partial charge on any atom is 0.222 e. The van der Waals surface area contributed by atoms with E-state index in [0.29, 0.717) is 25.9 Å². The first-order chi connectivity index (χ1) is 6.96. The molecule has 1 aliphatic rings. The van der Waals surface area contributed by atoms with Gasteiger partial charge in [0.15, 0.2) is 9.84 Å². The van der Waals surface area contributed by atoms with Crippen LogP contribution in [0, 0.1) is 0 Å². The predicted molar refractivity (Wildman–Crippen MR) is 58.1 cm³/mol. The van der Waals surface area contributed by atoms with Gasteiger partial charge >= 0.3 is 0 Å². The summed E-state index contributed by atoms with van der Waals surface area (Å²) in [6, 6.07) is -0.200. The van der Waals surface area contributed by atoms with Gasteiger partial charge in [-0.05, 0) is 19.9 Å². The van der Waals surface area contributed by atoms with Gasteiger partial charge in [-0.25, -0.2) is 8.42 Å². The molecular formula is C9H18N2O3S. The summed E-state index contributed by atoms with van der Waals surface area (Å²) in [6.07, 6.45) is 1.08. The number of nitrogens with zero attached hydrogens (tertiary/aromatic N) is 1. The zero-order valence-corrected chi connectivity index (χ0v) is 9.79. The minimum Gasteiger partial charge on any atom is -0.338 e. The molecule has 1 heterocycles. The minimum absolute atomic E-state index is 0.0165. The van der Waals surface area contributed by atoms with Crippen LogP contribution in [0.15, 0.2) is 0 Å². The lowest BCUT2D eigenvalue weighted by Crippen LogP contribution is -2.49. The summed E-state index contributed by atoms with van der Waals surface area (Å²) in [4.78, 5) is 13.3. The number of rotatable bonds is 3. The quantitative estimate of drug-likeness (QED) is 0.705. The largest absolute Gasteiger partial charge is 0.338 e. The molecule has 0 aromatic rings. The Morgan fingerprint density at radius 1 is 1.53 bits per heavy atom. The van der Waals surface area contributed by atoms with Crippen LogP contribution in [-0.4, -0.2) is 49.9 Å². The van der Waals surface area contributed by atoms with Crippen molar-refractivity contribution in [2.45, 2.75) is 25.8 Å². The number of nitrogens with two attached hydrogens (primary N) is 1. The summed E-state index contributed by atoms with van der Waals surface area (Å²) in [7, 11) is -2.94. The van der Waals surface area contributed by atoms with Gasteiger partial charge in [0.05, 0.1) is 11.5 Å². The fourth-order valence-corrected chi connectivity index (χ4v) is 3.32. The van der Waals surface area contributed by atoms with E-state index in [1.807, 2.05) is 0 Å². The fraction of sp³-hybridized carbons (Fsp3) is 0.889. The molecular weight excluding hydrogens is 216 g/mol. The van der Waals surface area contributed by atoms with Crippen molar-refractivity contribution in [3.8, 4) is 0 Å². The molecule has 1 amide bonds. The number of amides is 1. The third-order valence-electron chi connectivity index (χ3n) is 2.59. The number of carbonyl (C=O) groups is 1. The minimum atomic E-state index is -2.94. The maximum atomic E-state index is 11.7. The normalized spacial score (nSPS) is 25.2. The molecule has 2 N–H and O–H groups in total. The van der Waals surface area contributed by atoms with Gasteiger partial charge in [0.2, 0.25) is 5.91 Å². The van der Waals surface area contributed by atoms with Crippen molar-refractivity contribution < 1.29 is 13.2 Å². The van der Waals surface area contributed by atoms with Crippen molar-refractivity contribution in [1.29, 1.82) is 0 Å². The van der Waals surface area contributed by atoms with Gasteiger partial charge in [0.1, 0.15) is 0 Å². The van der Waals surface area contributed by atoms with Crippen molar-refractivity contribution in [3.63, 3.8) is 0 Å². The molecule has 15 heavy (non-hydrogen) atoms. The van der Waals surface area contributed by atoms with Gasteiger partial charge in [0, 0.05) is 19.0 Å². The molecule has 0 bridgehead atoms. The molecule has 0 aromatic carbocycles. The van der Waals surface area contributed by atoms with E-state index in [0.717, 1.165) is 0 Å². The van der Waals surface area contributed by atoms with Crippen LogP contribution >= 0.6 is 0 Å². The lowest BCUT2D eigenvalue weighted by molar-refractivity contribution is -0.132. The molecule has 1 atom stereocenters. The van der Waals surface area contributed by atoms with E-state index in [4.69, 9.17) is 5.73 Å². The molecule has 0 spiro atoms. The standard InChI is InChI=1S/C9H18N2O3S/c1-8-7-15(13,14)6-5-11(8)9(12)3-2-4-10/h8H,2-7,10H2,1H3. The number of hydrogen-bond acceptors (Lipinski definition) is 4. The summed E-state index contributed by atoms with van der Waals surface area (Å²) in [5, 5.41) is 0. The lowest BCUT2D eigenvalue weighted by Gasteiger charge is -2.33. The van der Waals surface area contributed by atoms with E-state index >= 15 is 0 Å². The first-order valence-corrected chi connectivity index (χ1v) is 6.98. The van der Waals surface area contributed by atoms with Crippen molar-refractivity contribution in [1.82, 2.24) is 4.90 Å². The Kier molecular flexibility index (Phi) is 4.10. The Morgan fingerprint density at radius 2 is 2.20 bits per heavy atom. The first-order valence-electron chi connectivity index (χ1n) is 5.16. The number of hydrogen-bond donors (Lipinski definition) is 1. The molecule has 0 radical (unpaired) electrons. The van der Waals surface area contributed by atoms with E-state index < -0.39 is 9.84 Å². The molecule has 1 saturated heterocycles. The van der Waals surface area contributed by atoms with E-state index in [1.165, 1.54) is 0 Å². The second kappa shape index (κ2) is 4.94. The Balaban J connectivity index is 2.54. The number of sulfone groups is 1. The highest BCUT2D eigenvalue weighted by Gasteiger charge is 2.30. The molecule has 1 rings (SSSR count). The zero-order valence-electron chi connectivity index (χ0n) is 8.98. The highest BCUT2D eigenvalue weighted by atomic mass is 32.2. The Labute approximate surface area is 90.5 Å². The van der Waals surface area contributed by atoms with Crippen molar-refractivity contribution in [2.24, 2.45) is 5.73 Å². The topological polar surface area (TPSA) is 80.5 Å². The predicted octanol–water partition coefficient (Wildman–Crippen LogP) is -0.629. The Bertz CT molecular complexity index is 326. The molecule has 1 fully saturated rings. The maximum absolute atomic E-state index is 11.7. The average Bonchev–Trinajstić information content (AvgIpc) is 2.12. The Hall–Kier alpha value is -0.620. The second-order valence-corrected chi connectivity index (χ2v) is 6.17. The van der Waals surface area contributed by atoms with Crippen LogP contribution in [-0.2, 0) is 14.6 Å². The van der Waals surface area contributed by atoms with Crippen LogP contribution in [0.2, 0.25) is 0 Å². The van der Waals surface area contributed by atoms with Gasteiger partial charge in [-0.3, -0.25) is 4.79 Å². The van der Waals surface area contributed by atoms with Crippen molar-refractivity contribution in [3.05, 3.63) is 0 Å². The van der Waals surface area contributed by atoms with Gasteiger partial charge in [-0.2, -0.15) is 0 Å². The van der Waals surface area contributed by atoms with Crippen LogP contribution in [0.4, 0.5) is 0 Å². The molecule has 88 valence electrons. The van der Waals surface area contributed by atoms with Gasteiger partial charge in [-0.15, -0.1) is 0 Å². The van der Waals surface area contributed by atoms with Gasteiger partial charge in [-0.1, -0.05) is 0 Å². The molecule has 5 nitrogen and oxygen atoms in total. The molecule has 0 aromatic heterocycles. The van der Waals surface area contributed by atoms with E-state index in [9.17, 15) is 13.2 Å². The molecule has 0 saturated carbocycles. The summed E-state index contributed by atoms with van der Waals surface area (Å²) in [5.41, 5.74) is 5.32. The van der Waals surface area contributed by atoms with Crippen molar-refractivity contribution in [2.75, 3.05) is 24.6 Å². The first kappa shape index (κ1) is 12.4. The fourth-order valence-electron chi connectivity index (χ4n) is 1.77. The summed E-state index contributed by atoms with van der Waals surface area (Å²) < 4.78 is 22.6. The third-order valence-corrected chi connectivity index (χ3v) is 4.38. The van der Waals surface area contributed by atoms with E-state index in [1.54, 1.807) is 11.8 Å². The van der Waals surface area contributed by atoms with E-state index in [-0.39, 0.29) is 23.5 Å². The van der Waals surface area contributed by atoms with Crippen LogP contribution in [0.5, 0.6) is 0 Å². The molecule has 1 aliphatic heterocycles. The highest BCUT2D eigenvalue weighted by Crippen LogP contribution is 2.13. The second-order valence-electron chi connectivity index (χ2n) is 3.94. The van der Waals surface area contributed by atoms with Crippen LogP contribution in [0.25, 0.3) is 0 Å². The van der Waals surface area contributed by atoms with Crippen molar-refractivity contribution >= 4 is 15.7 Å². The Morgan fingerprint density at radius 3 is 2.73 bits per heavy atom. The number of carbonyl (C=O) groups excluding carboxylic acids is 1. The molecule has 0 aliphatic carbocycles. The van der Waals surface area contributed by atoms with Crippen LogP contribution in [0.1, 0.15) is 19.8 Å². The summed E-state index contributed by atoms with van der Waals surface area (Å²) in [6.45, 7) is 2.59. The highest BCUT2D eigenvalue weighted by molar-refractivity contribution is 7.91. The molecule has 1 unspecified atom stereocenters. The van der Waals surface area contributed by atoms with Crippen LogP contribution in [0.3, 0.4) is 0 Å². The monoisotopic (exact) mass is 234 g/mol. The van der Waals surface area contributed by atoms with E-state index in [2.05, 4.69) is 0 Å². The molecule has 6 heteroatoms. The van der Waals surface area contributed by atoms with Crippen LogP contribution < -0.4 is 5.73 Å². The van der Waals surface area contributed by atoms with Gasteiger partial charge in [0.25, 0.3) is 0 Å². The third kappa shape index (κ3) is 3.46. The lowest BCUT2D eigenvalue weighted by atomic mass is 10.2. The van der Waals surface area contributed by atoms with Gasteiger partial charge < -0.3 is 10.6 Å². The summed E-state index contributed by atoms with van der Waals surface area (Å²) in [5.74, 6) is 0.190.